The number of nitrogens with one attached hydrogen (secondary N) is 2. The maximum atomic E-state index is 12.5. The lowest BCUT2D eigenvalue weighted by atomic mass is 10.1. The van der Waals surface area contributed by atoms with E-state index in [2.05, 4.69) is 24.5 Å². The first-order valence-electron chi connectivity index (χ1n) is 21.3. The normalized spacial score (nSPS) is 14.5. The number of aliphatic hydroxyl groups is 2. The Bertz CT molecular complexity index is 886. The van der Waals surface area contributed by atoms with Crippen molar-refractivity contribution in [3.8, 4) is 0 Å². The minimum absolute atomic E-state index is 0.0815. The van der Waals surface area contributed by atoms with Crippen molar-refractivity contribution in [2.75, 3.05) is 80.7 Å². The molecule has 0 aliphatic carbocycles. The number of rotatable bonds is 38. The molecule has 0 aliphatic rings. The van der Waals surface area contributed by atoms with Crippen LogP contribution in [0.25, 0.3) is 0 Å². The molecule has 0 saturated heterocycles. The monoisotopic (exact) mass is 781 g/mol. The molecule has 0 radical (unpaired) electrons. The first-order valence-corrected chi connectivity index (χ1v) is 22.8. The number of carbonyl (C=O) groups excluding carboxylic acids is 2. The van der Waals surface area contributed by atoms with Crippen LogP contribution in [-0.4, -0.2) is 129 Å². The zero-order valence-electron chi connectivity index (χ0n) is 35.1. The molecule has 0 aromatic carbocycles. The van der Waals surface area contributed by atoms with Gasteiger partial charge in [0.1, 0.15) is 25.3 Å². The highest BCUT2D eigenvalue weighted by molar-refractivity contribution is 7.47. The van der Waals surface area contributed by atoms with Crippen molar-refractivity contribution < 1.29 is 47.3 Å². The second kappa shape index (κ2) is 32.0. The third-order valence-corrected chi connectivity index (χ3v) is 10.8. The van der Waals surface area contributed by atoms with Gasteiger partial charge in [0.15, 0.2) is 0 Å². The number of aliphatic hydroxyl groups excluding tert-OH is 2. The molecule has 53 heavy (non-hydrogen) atoms. The van der Waals surface area contributed by atoms with Gasteiger partial charge in [-0.05, 0) is 12.8 Å². The largest absolute Gasteiger partial charge is 0.472 e. The number of hydrogen-bond donors (Lipinski definition) is 5. The van der Waals surface area contributed by atoms with Crippen LogP contribution in [0.4, 0.5) is 0 Å². The van der Waals surface area contributed by atoms with Crippen molar-refractivity contribution in [1.82, 2.24) is 10.6 Å². The third kappa shape index (κ3) is 35.1. The number of phosphoric acid groups is 1. The Balaban J connectivity index is 4.06. The van der Waals surface area contributed by atoms with Crippen LogP contribution in [0.3, 0.4) is 0 Å². The predicted molar refractivity (Wildman–Crippen MR) is 216 cm³/mol. The highest BCUT2D eigenvalue weighted by atomic mass is 31.2. The summed E-state index contributed by atoms with van der Waals surface area (Å²) >= 11 is 0. The SMILES string of the molecule is CCCCCCCCCCCC(=O)NCCC[N+](C)(C)CC(O)COP(=O)(O)OCC(O)C[N+](C)(C)CCCNC(=O)CCCCCCCCCCC. The number of phosphoric ester groups is 1. The van der Waals surface area contributed by atoms with E-state index in [0.717, 1.165) is 38.5 Å². The minimum atomic E-state index is -4.48. The predicted octanol–water partition coefficient (Wildman–Crippen LogP) is 6.85. The van der Waals surface area contributed by atoms with Crippen LogP contribution < -0.4 is 10.6 Å². The fourth-order valence-corrected chi connectivity index (χ4v) is 7.46. The molecule has 12 nitrogen and oxygen atoms in total. The molecule has 0 saturated carbocycles. The van der Waals surface area contributed by atoms with E-state index >= 15 is 0 Å². The highest BCUT2D eigenvalue weighted by Gasteiger charge is 2.29. The van der Waals surface area contributed by atoms with Crippen molar-refractivity contribution >= 4 is 19.6 Å². The van der Waals surface area contributed by atoms with Gasteiger partial charge in [-0.2, -0.15) is 0 Å². The molecule has 0 spiro atoms. The van der Waals surface area contributed by atoms with Crippen LogP contribution in [-0.2, 0) is 23.2 Å². The smallest absolute Gasteiger partial charge is 0.385 e. The van der Waals surface area contributed by atoms with Gasteiger partial charge < -0.3 is 34.7 Å². The van der Waals surface area contributed by atoms with E-state index in [1.54, 1.807) is 0 Å². The molecule has 2 atom stereocenters. The van der Waals surface area contributed by atoms with Crippen LogP contribution in [0.15, 0.2) is 0 Å². The molecule has 0 aromatic rings. The lowest BCUT2D eigenvalue weighted by Gasteiger charge is -2.32. The van der Waals surface area contributed by atoms with Crippen LogP contribution in [0.5, 0.6) is 0 Å². The summed E-state index contributed by atoms with van der Waals surface area (Å²) in [5.41, 5.74) is 0. The van der Waals surface area contributed by atoms with Crippen LogP contribution in [0.2, 0.25) is 0 Å². The summed E-state index contributed by atoms with van der Waals surface area (Å²) in [6, 6.07) is 0. The summed E-state index contributed by atoms with van der Waals surface area (Å²) in [7, 11) is 3.32. The molecule has 5 N–H and O–H groups in total. The van der Waals surface area contributed by atoms with Gasteiger partial charge >= 0.3 is 7.82 Å². The molecule has 2 amide bonds. The second-order valence-electron chi connectivity index (χ2n) is 16.6. The van der Waals surface area contributed by atoms with E-state index in [0.29, 0.717) is 61.1 Å². The van der Waals surface area contributed by atoms with E-state index in [-0.39, 0.29) is 25.0 Å². The zero-order chi connectivity index (χ0) is 39.9. The van der Waals surface area contributed by atoms with Gasteiger partial charge in [-0.1, -0.05) is 117 Å². The van der Waals surface area contributed by atoms with Gasteiger partial charge in [0, 0.05) is 38.8 Å². The molecular weight excluding hydrogens is 695 g/mol. The van der Waals surface area contributed by atoms with E-state index in [9.17, 15) is 29.3 Å². The summed E-state index contributed by atoms with van der Waals surface area (Å²) < 4.78 is 23.4. The lowest BCUT2D eigenvalue weighted by molar-refractivity contribution is -0.893. The van der Waals surface area contributed by atoms with Crippen molar-refractivity contribution in [1.29, 1.82) is 0 Å². The molecule has 2 unspecified atom stereocenters. The first kappa shape index (κ1) is 51.9. The number of quaternary nitrogens is 2. The number of unbranched alkanes of at least 4 members (excludes halogenated alkanes) is 16. The standard InChI is InChI=1S/C40H83N4O8P/c1-7-9-11-13-15-17-19-21-23-27-39(47)41-29-25-31-43(3,4)33-37(45)35-51-53(49,50)52-36-38(46)34-44(5,6)32-26-30-42-40(48)28-24-22-20-18-16-14-12-10-8-2/h37-38,45-46H,7-36H2,1-6H3,(H-2,41,42,47,48,49,50)/p+2. The van der Waals surface area contributed by atoms with Crippen molar-refractivity contribution in [3.05, 3.63) is 0 Å². The number of nitrogens with zero attached hydrogens (tertiary/aromatic N) is 2. The van der Waals surface area contributed by atoms with E-state index in [1.165, 1.54) is 89.9 Å². The number of hydrogen-bond acceptors (Lipinski definition) is 7. The van der Waals surface area contributed by atoms with Crippen LogP contribution in [0, 0.1) is 0 Å². The zero-order valence-corrected chi connectivity index (χ0v) is 36.0. The summed E-state index contributed by atoms with van der Waals surface area (Å²) in [6.07, 6.45) is 22.6. The van der Waals surface area contributed by atoms with Gasteiger partial charge in [0.05, 0.1) is 54.5 Å². The maximum absolute atomic E-state index is 12.5. The molecule has 0 aliphatic heterocycles. The van der Waals surface area contributed by atoms with Gasteiger partial charge in [0.2, 0.25) is 11.8 Å². The Kier molecular flexibility index (Phi) is 31.4. The summed E-state index contributed by atoms with van der Waals surface area (Å²) in [4.78, 5) is 34.5. The van der Waals surface area contributed by atoms with Gasteiger partial charge in [-0.3, -0.25) is 18.6 Å². The Hall–Kier alpha value is -1.11. The average molecular weight is 781 g/mol. The minimum Gasteiger partial charge on any atom is -0.385 e. The molecule has 0 rings (SSSR count). The molecule has 0 fully saturated rings. The summed E-state index contributed by atoms with van der Waals surface area (Å²) in [6.45, 7) is 6.82. The molecule has 0 heterocycles. The Labute approximate surface area is 324 Å². The van der Waals surface area contributed by atoms with Gasteiger partial charge in [0.25, 0.3) is 0 Å². The molecule has 13 heteroatoms. The van der Waals surface area contributed by atoms with Gasteiger partial charge in [-0.15, -0.1) is 0 Å². The Morgan fingerprint density at radius 3 is 1.17 bits per heavy atom. The molecule has 0 aromatic heterocycles. The molecular formula is C40H85N4O8P+2. The number of amides is 2. The Morgan fingerprint density at radius 2 is 0.849 bits per heavy atom. The lowest BCUT2D eigenvalue weighted by Crippen LogP contribution is -2.48. The molecule has 316 valence electrons. The average Bonchev–Trinajstić information content (AvgIpc) is 3.08. The number of carbonyl (C=O) groups is 2. The van der Waals surface area contributed by atoms with E-state index in [4.69, 9.17) is 9.05 Å². The fourth-order valence-electron chi connectivity index (χ4n) is 6.67. The van der Waals surface area contributed by atoms with Crippen molar-refractivity contribution in [2.24, 2.45) is 0 Å². The third-order valence-electron chi connectivity index (χ3n) is 9.81. The van der Waals surface area contributed by atoms with Crippen molar-refractivity contribution in [2.45, 2.75) is 167 Å². The maximum Gasteiger partial charge on any atom is 0.472 e. The quantitative estimate of drug-likeness (QED) is 0.0259. The van der Waals surface area contributed by atoms with E-state index in [1.807, 2.05) is 28.2 Å². The van der Waals surface area contributed by atoms with Crippen LogP contribution >= 0.6 is 7.82 Å². The highest BCUT2D eigenvalue weighted by Crippen LogP contribution is 2.43. The topological polar surface area (TPSA) is 154 Å². The summed E-state index contributed by atoms with van der Waals surface area (Å²) in [5, 5.41) is 27.0. The first-order chi connectivity index (χ1) is 25.1. The van der Waals surface area contributed by atoms with Gasteiger partial charge in [-0.25, -0.2) is 4.57 Å². The van der Waals surface area contributed by atoms with Crippen LogP contribution in [0.1, 0.15) is 155 Å². The van der Waals surface area contributed by atoms with Crippen molar-refractivity contribution in [3.63, 3.8) is 0 Å². The Morgan fingerprint density at radius 1 is 0.547 bits per heavy atom. The molecule has 0 bridgehead atoms. The summed E-state index contributed by atoms with van der Waals surface area (Å²) in [5.74, 6) is 0.163. The fraction of sp³-hybridized carbons (Fsp3) is 0.950. The van der Waals surface area contributed by atoms with E-state index < -0.39 is 20.0 Å². The second-order valence-corrected chi connectivity index (χ2v) is 18.1. The number of likely N-dealkylation sites (N-methyl/N-ethyl adjacent to an activating group) is 2.